The number of fused-ring (bicyclic) bond motifs is 1. The molecule has 1 amide bonds. The molecular weight excluding hydrogens is 388 g/mol. The fraction of sp³-hybridized carbons (Fsp3) is 0.409. The van der Waals surface area contributed by atoms with E-state index in [1.165, 1.54) is 12.1 Å². The van der Waals surface area contributed by atoms with E-state index in [4.69, 9.17) is 14.2 Å². The predicted molar refractivity (Wildman–Crippen MR) is 109 cm³/mol. The van der Waals surface area contributed by atoms with Gasteiger partial charge in [0.15, 0.2) is 11.5 Å². The molecular formula is C22H24N2O6. The summed E-state index contributed by atoms with van der Waals surface area (Å²) >= 11 is 0. The molecule has 1 aliphatic carbocycles. The molecule has 0 N–H and O–H groups in total. The number of non-ortho nitro benzene ring substituents is 1. The SMILES string of the molecule is COc1cc2c(cc1OC)[C@H](COc1ccc([N+](=O)[O-])cc1)N(C(=O)C1CC1)CC2. The van der Waals surface area contributed by atoms with Crippen LogP contribution in [0, 0.1) is 16.0 Å². The Bertz CT molecular complexity index is 955. The number of nitro groups is 1. The van der Waals surface area contributed by atoms with Crippen molar-refractivity contribution in [3.8, 4) is 17.2 Å². The maximum absolute atomic E-state index is 12.9. The summed E-state index contributed by atoms with van der Waals surface area (Å²) in [7, 11) is 3.19. The zero-order valence-corrected chi connectivity index (χ0v) is 17.0. The Morgan fingerprint density at radius 3 is 2.40 bits per heavy atom. The average Bonchev–Trinajstić information content (AvgIpc) is 3.61. The largest absolute Gasteiger partial charge is 0.493 e. The number of carbonyl (C=O) groups is 1. The zero-order valence-electron chi connectivity index (χ0n) is 17.0. The lowest BCUT2D eigenvalue weighted by molar-refractivity contribution is -0.384. The van der Waals surface area contributed by atoms with Crippen molar-refractivity contribution in [3.63, 3.8) is 0 Å². The summed E-state index contributed by atoms with van der Waals surface area (Å²) < 4.78 is 16.9. The van der Waals surface area contributed by atoms with Crippen molar-refractivity contribution in [1.29, 1.82) is 0 Å². The highest BCUT2D eigenvalue weighted by Crippen LogP contribution is 2.41. The zero-order chi connectivity index (χ0) is 21.3. The Hall–Kier alpha value is -3.29. The molecule has 2 aliphatic rings. The predicted octanol–water partition coefficient (Wildman–Crippen LogP) is 3.53. The van der Waals surface area contributed by atoms with Gasteiger partial charge in [0.1, 0.15) is 12.4 Å². The summed E-state index contributed by atoms with van der Waals surface area (Å²) in [6.45, 7) is 0.866. The number of benzene rings is 2. The van der Waals surface area contributed by atoms with E-state index in [1.54, 1.807) is 26.4 Å². The molecule has 0 aromatic heterocycles. The van der Waals surface area contributed by atoms with Crippen molar-refractivity contribution in [1.82, 2.24) is 4.90 Å². The lowest BCUT2D eigenvalue weighted by Crippen LogP contribution is -2.43. The van der Waals surface area contributed by atoms with E-state index in [0.29, 0.717) is 23.8 Å². The molecule has 1 atom stereocenters. The monoisotopic (exact) mass is 412 g/mol. The van der Waals surface area contributed by atoms with E-state index in [1.807, 2.05) is 17.0 Å². The number of amides is 1. The number of nitro benzene ring substituents is 1. The van der Waals surface area contributed by atoms with Crippen LogP contribution < -0.4 is 14.2 Å². The first-order chi connectivity index (χ1) is 14.5. The molecule has 158 valence electrons. The molecule has 0 spiro atoms. The lowest BCUT2D eigenvalue weighted by Gasteiger charge is -2.37. The molecule has 30 heavy (non-hydrogen) atoms. The molecule has 4 rings (SSSR count). The maximum atomic E-state index is 12.9. The quantitative estimate of drug-likeness (QED) is 0.510. The summed E-state index contributed by atoms with van der Waals surface area (Å²) in [5.74, 6) is 2.05. The molecule has 1 saturated carbocycles. The van der Waals surface area contributed by atoms with Crippen LogP contribution in [0.1, 0.15) is 30.0 Å². The molecule has 0 radical (unpaired) electrons. The van der Waals surface area contributed by atoms with Gasteiger partial charge in [-0.25, -0.2) is 0 Å². The van der Waals surface area contributed by atoms with Crippen LogP contribution in [0.4, 0.5) is 5.69 Å². The fourth-order valence-electron chi connectivity index (χ4n) is 3.88. The van der Waals surface area contributed by atoms with Crippen molar-refractivity contribution >= 4 is 11.6 Å². The molecule has 1 aliphatic heterocycles. The van der Waals surface area contributed by atoms with Gasteiger partial charge in [0, 0.05) is 24.6 Å². The number of rotatable bonds is 7. The third-order valence-corrected chi connectivity index (χ3v) is 5.67. The summed E-state index contributed by atoms with van der Waals surface area (Å²) in [6, 6.07) is 9.58. The van der Waals surface area contributed by atoms with Crippen LogP contribution in [0.15, 0.2) is 36.4 Å². The van der Waals surface area contributed by atoms with Crippen molar-refractivity contribution in [2.75, 3.05) is 27.4 Å². The van der Waals surface area contributed by atoms with E-state index >= 15 is 0 Å². The highest BCUT2D eigenvalue weighted by Gasteiger charge is 2.39. The highest BCUT2D eigenvalue weighted by molar-refractivity contribution is 5.82. The first kappa shape index (κ1) is 20.0. The first-order valence-electron chi connectivity index (χ1n) is 9.94. The van der Waals surface area contributed by atoms with E-state index in [0.717, 1.165) is 30.4 Å². The normalized spacial score (nSPS) is 17.8. The van der Waals surface area contributed by atoms with Gasteiger partial charge < -0.3 is 19.1 Å². The van der Waals surface area contributed by atoms with Crippen LogP contribution in [0.2, 0.25) is 0 Å². The van der Waals surface area contributed by atoms with Gasteiger partial charge in [0.2, 0.25) is 5.91 Å². The molecule has 1 heterocycles. The molecule has 0 unspecified atom stereocenters. The van der Waals surface area contributed by atoms with Crippen LogP contribution in [0.5, 0.6) is 17.2 Å². The molecule has 2 aromatic rings. The van der Waals surface area contributed by atoms with Gasteiger partial charge >= 0.3 is 0 Å². The van der Waals surface area contributed by atoms with Crippen LogP contribution in [-0.2, 0) is 11.2 Å². The van der Waals surface area contributed by atoms with E-state index < -0.39 is 4.92 Å². The summed E-state index contributed by atoms with van der Waals surface area (Å²) in [5, 5.41) is 10.9. The second-order valence-electron chi connectivity index (χ2n) is 7.54. The second-order valence-corrected chi connectivity index (χ2v) is 7.54. The number of nitrogens with zero attached hydrogens (tertiary/aromatic N) is 2. The van der Waals surface area contributed by atoms with E-state index in [-0.39, 0.29) is 30.2 Å². The Kier molecular flexibility index (Phi) is 5.48. The number of hydrogen-bond acceptors (Lipinski definition) is 6. The highest BCUT2D eigenvalue weighted by atomic mass is 16.6. The molecule has 0 bridgehead atoms. The Morgan fingerprint density at radius 1 is 1.13 bits per heavy atom. The van der Waals surface area contributed by atoms with E-state index in [2.05, 4.69) is 0 Å². The third-order valence-electron chi connectivity index (χ3n) is 5.67. The second kappa shape index (κ2) is 8.22. The van der Waals surface area contributed by atoms with Gasteiger partial charge in [-0.3, -0.25) is 14.9 Å². The number of methoxy groups -OCH3 is 2. The number of carbonyl (C=O) groups excluding carboxylic acids is 1. The number of ether oxygens (including phenoxy) is 3. The summed E-state index contributed by atoms with van der Waals surface area (Å²) in [4.78, 5) is 25.2. The Labute approximate surface area is 174 Å². The Morgan fingerprint density at radius 2 is 1.80 bits per heavy atom. The molecule has 0 saturated heterocycles. The van der Waals surface area contributed by atoms with Gasteiger partial charge in [-0.2, -0.15) is 0 Å². The van der Waals surface area contributed by atoms with Crippen LogP contribution in [0.3, 0.4) is 0 Å². The molecule has 8 nitrogen and oxygen atoms in total. The lowest BCUT2D eigenvalue weighted by atomic mass is 9.91. The van der Waals surface area contributed by atoms with Crippen LogP contribution >= 0.6 is 0 Å². The smallest absolute Gasteiger partial charge is 0.269 e. The van der Waals surface area contributed by atoms with Gasteiger partial charge in [-0.15, -0.1) is 0 Å². The molecule has 1 fully saturated rings. The molecule has 8 heteroatoms. The van der Waals surface area contributed by atoms with Crippen LogP contribution in [-0.4, -0.2) is 43.1 Å². The maximum Gasteiger partial charge on any atom is 0.269 e. The fourth-order valence-corrected chi connectivity index (χ4v) is 3.88. The van der Waals surface area contributed by atoms with Gasteiger partial charge in [-0.05, 0) is 54.7 Å². The molecule has 2 aromatic carbocycles. The minimum Gasteiger partial charge on any atom is -0.493 e. The topological polar surface area (TPSA) is 91.1 Å². The van der Waals surface area contributed by atoms with Crippen molar-refractivity contribution in [3.05, 3.63) is 57.6 Å². The number of hydrogen-bond donors (Lipinski definition) is 0. The Balaban J connectivity index is 1.62. The van der Waals surface area contributed by atoms with Gasteiger partial charge in [0.05, 0.1) is 25.2 Å². The van der Waals surface area contributed by atoms with Gasteiger partial charge in [0.25, 0.3) is 5.69 Å². The van der Waals surface area contributed by atoms with Crippen molar-refractivity contribution in [2.45, 2.75) is 25.3 Å². The standard InChI is InChI=1S/C22H24N2O6/c1-28-20-11-15-9-10-23(22(25)14-3-4-14)19(18(15)12-21(20)29-2)13-30-17-7-5-16(6-8-17)24(26)27/h5-8,11-12,14,19H,3-4,9-10,13H2,1-2H3/t19-/m0/s1. The minimum atomic E-state index is -0.448. The summed E-state index contributed by atoms with van der Waals surface area (Å²) in [6.07, 6.45) is 2.61. The van der Waals surface area contributed by atoms with Crippen LogP contribution in [0.25, 0.3) is 0 Å². The minimum absolute atomic E-state index is 0.00716. The third kappa shape index (κ3) is 3.90. The summed E-state index contributed by atoms with van der Waals surface area (Å²) in [5.41, 5.74) is 2.09. The first-order valence-corrected chi connectivity index (χ1v) is 9.94. The van der Waals surface area contributed by atoms with Crippen molar-refractivity contribution in [2.24, 2.45) is 5.92 Å². The van der Waals surface area contributed by atoms with Crippen molar-refractivity contribution < 1.29 is 23.9 Å². The average molecular weight is 412 g/mol. The van der Waals surface area contributed by atoms with Gasteiger partial charge in [-0.1, -0.05) is 0 Å². The van der Waals surface area contributed by atoms with E-state index in [9.17, 15) is 14.9 Å².